The number of fused-ring (bicyclic) bond motifs is 3. The van der Waals surface area contributed by atoms with Crippen molar-refractivity contribution in [1.29, 1.82) is 0 Å². The van der Waals surface area contributed by atoms with Gasteiger partial charge >= 0.3 is 6.18 Å². The summed E-state index contributed by atoms with van der Waals surface area (Å²) >= 11 is 0. The predicted octanol–water partition coefficient (Wildman–Crippen LogP) is 4.26. The highest BCUT2D eigenvalue weighted by Gasteiger charge is 2.55. The van der Waals surface area contributed by atoms with E-state index in [1.807, 2.05) is 32.1 Å². The average molecular weight is 331 g/mol. The summed E-state index contributed by atoms with van der Waals surface area (Å²) in [7, 11) is 0.629. The van der Waals surface area contributed by atoms with Crippen LogP contribution in [0.15, 0.2) is 18.2 Å². The molecule has 0 radical (unpaired) electrons. The second-order valence-corrected chi connectivity index (χ2v) is 9.50. The Morgan fingerprint density at radius 1 is 1.18 bits per heavy atom. The van der Waals surface area contributed by atoms with Crippen molar-refractivity contribution in [2.24, 2.45) is 5.92 Å². The standard InChI is InChI=1S/C16H20F3NOS/c1-15(2,3)22(21)20(4)14-10-6-5-9(16(17,18)19)7-11(10)12-8-13(12)14/h5-7,12-14H,8H2,1-4H3/t12-,13-,14-,22?/m0/s1. The Morgan fingerprint density at radius 2 is 1.82 bits per heavy atom. The quantitative estimate of drug-likeness (QED) is 0.793. The number of benzene rings is 1. The minimum Gasteiger partial charge on any atom is -0.242 e. The molecule has 2 nitrogen and oxygen atoms in total. The van der Waals surface area contributed by atoms with E-state index in [9.17, 15) is 17.4 Å². The molecule has 1 fully saturated rings. The molecule has 0 aromatic heterocycles. The highest BCUT2D eigenvalue weighted by molar-refractivity contribution is 7.84. The molecule has 22 heavy (non-hydrogen) atoms. The van der Waals surface area contributed by atoms with Crippen LogP contribution >= 0.6 is 0 Å². The van der Waals surface area contributed by atoms with Gasteiger partial charge in [-0.05, 0) is 62.3 Å². The van der Waals surface area contributed by atoms with Crippen LogP contribution in [0.25, 0.3) is 0 Å². The molecule has 2 aliphatic carbocycles. The first kappa shape index (κ1) is 16.0. The van der Waals surface area contributed by atoms with Crippen LogP contribution in [-0.2, 0) is 17.2 Å². The monoisotopic (exact) mass is 331 g/mol. The van der Waals surface area contributed by atoms with Gasteiger partial charge in [0.1, 0.15) is 11.0 Å². The molecule has 1 saturated carbocycles. The maximum atomic E-state index is 12.9. The lowest BCUT2D eigenvalue weighted by atomic mass is 10.00. The molecule has 1 aromatic rings. The summed E-state index contributed by atoms with van der Waals surface area (Å²) in [6.45, 7) is 5.73. The van der Waals surface area contributed by atoms with Gasteiger partial charge in [-0.15, -0.1) is 0 Å². The van der Waals surface area contributed by atoms with E-state index in [0.29, 0.717) is 5.92 Å². The molecular formula is C16H20F3NOS. The Balaban J connectivity index is 1.95. The van der Waals surface area contributed by atoms with Crippen molar-refractivity contribution in [2.75, 3.05) is 7.05 Å². The first-order valence-electron chi connectivity index (χ1n) is 7.37. The largest absolute Gasteiger partial charge is 0.416 e. The number of hydrogen-bond donors (Lipinski definition) is 0. The number of alkyl halides is 3. The van der Waals surface area contributed by atoms with Gasteiger partial charge in [0, 0.05) is 7.05 Å². The van der Waals surface area contributed by atoms with E-state index in [2.05, 4.69) is 0 Å². The topological polar surface area (TPSA) is 20.3 Å². The van der Waals surface area contributed by atoms with E-state index in [4.69, 9.17) is 0 Å². The highest BCUT2D eigenvalue weighted by atomic mass is 32.2. The van der Waals surface area contributed by atoms with Crippen LogP contribution in [0.4, 0.5) is 13.2 Å². The zero-order chi connectivity index (χ0) is 16.4. The fraction of sp³-hybridized carbons (Fsp3) is 0.625. The van der Waals surface area contributed by atoms with Crippen LogP contribution in [0.2, 0.25) is 0 Å². The van der Waals surface area contributed by atoms with Crippen LogP contribution in [-0.4, -0.2) is 20.3 Å². The van der Waals surface area contributed by atoms with Gasteiger partial charge in [0.05, 0.1) is 16.4 Å². The Labute approximate surface area is 131 Å². The smallest absolute Gasteiger partial charge is 0.242 e. The number of rotatable bonds is 2. The maximum absolute atomic E-state index is 12.9. The summed E-state index contributed by atoms with van der Waals surface area (Å²) in [6.07, 6.45) is -3.41. The van der Waals surface area contributed by atoms with Crippen molar-refractivity contribution in [2.45, 2.75) is 50.1 Å². The van der Waals surface area contributed by atoms with Crippen LogP contribution < -0.4 is 0 Å². The summed E-state index contributed by atoms with van der Waals surface area (Å²) in [6, 6.07) is 3.96. The molecule has 0 amide bonds. The van der Waals surface area contributed by atoms with Gasteiger partial charge in [-0.2, -0.15) is 13.2 Å². The fourth-order valence-corrected chi connectivity index (χ4v) is 4.83. The second kappa shape index (κ2) is 4.81. The van der Waals surface area contributed by atoms with E-state index in [-0.39, 0.29) is 16.7 Å². The Kier molecular flexibility index (Phi) is 3.49. The molecule has 122 valence electrons. The van der Waals surface area contributed by atoms with E-state index < -0.39 is 22.7 Å². The average Bonchev–Trinajstić information content (AvgIpc) is 3.10. The van der Waals surface area contributed by atoms with Gasteiger partial charge in [-0.1, -0.05) is 6.07 Å². The summed E-state index contributed by atoms with van der Waals surface area (Å²) in [5, 5.41) is 0. The lowest BCUT2D eigenvalue weighted by molar-refractivity contribution is -0.137. The van der Waals surface area contributed by atoms with E-state index in [0.717, 1.165) is 23.6 Å². The van der Waals surface area contributed by atoms with Gasteiger partial charge in [0.25, 0.3) is 0 Å². The third-order valence-corrected chi connectivity index (χ3v) is 6.35. The zero-order valence-electron chi connectivity index (χ0n) is 13.1. The molecule has 1 unspecified atom stereocenters. The van der Waals surface area contributed by atoms with Gasteiger partial charge in [-0.3, -0.25) is 0 Å². The minimum atomic E-state index is -4.31. The van der Waals surface area contributed by atoms with Gasteiger partial charge < -0.3 is 0 Å². The zero-order valence-corrected chi connectivity index (χ0v) is 13.9. The predicted molar refractivity (Wildman–Crippen MR) is 80.7 cm³/mol. The molecule has 6 heteroatoms. The Hall–Kier alpha value is -0.880. The summed E-state index contributed by atoms with van der Waals surface area (Å²) < 4.78 is 52.7. The molecule has 0 aliphatic heterocycles. The first-order chi connectivity index (χ1) is 10.0. The molecule has 3 rings (SSSR count). The van der Waals surface area contributed by atoms with Crippen LogP contribution in [0.5, 0.6) is 0 Å². The summed E-state index contributed by atoms with van der Waals surface area (Å²) in [5.41, 5.74) is 1.12. The van der Waals surface area contributed by atoms with Crippen molar-refractivity contribution in [3.63, 3.8) is 0 Å². The molecule has 2 aliphatic rings. The highest BCUT2D eigenvalue weighted by Crippen LogP contribution is 2.64. The molecule has 0 saturated heterocycles. The number of halogens is 3. The first-order valence-corrected chi connectivity index (χ1v) is 8.48. The number of nitrogens with zero attached hydrogens (tertiary/aromatic N) is 1. The Morgan fingerprint density at radius 3 is 2.36 bits per heavy atom. The molecule has 0 bridgehead atoms. The van der Waals surface area contributed by atoms with Crippen molar-refractivity contribution < 1.29 is 17.4 Å². The van der Waals surface area contributed by atoms with E-state index in [1.165, 1.54) is 6.07 Å². The molecular weight excluding hydrogens is 311 g/mol. The van der Waals surface area contributed by atoms with Gasteiger partial charge in [0.2, 0.25) is 0 Å². The molecule has 0 N–H and O–H groups in total. The molecule has 0 heterocycles. The Bertz CT molecular complexity index is 635. The minimum absolute atomic E-state index is 0.0395. The lowest BCUT2D eigenvalue weighted by Crippen LogP contribution is -2.37. The van der Waals surface area contributed by atoms with Crippen LogP contribution in [0, 0.1) is 5.92 Å². The van der Waals surface area contributed by atoms with Gasteiger partial charge in [-0.25, -0.2) is 8.51 Å². The van der Waals surface area contributed by atoms with E-state index in [1.54, 1.807) is 6.07 Å². The van der Waals surface area contributed by atoms with Crippen molar-refractivity contribution >= 4 is 11.0 Å². The molecule has 4 atom stereocenters. The molecule has 0 spiro atoms. The summed E-state index contributed by atoms with van der Waals surface area (Å²) in [5.74, 6) is 0.497. The van der Waals surface area contributed by atoms with Crippen molar-refractivity contribution in [3.8, 4) is 0 Å². The number of hydrogen-bond acceptors (Lipinski definition) is 1. The van der Waals surface area contributed by atoms with Crippen molar-refractivity contribution in [1.82, 2.24) is 4.31 Å². The van der Waals surface area contributed by atoms with E-state index >= 15 is 0 Å². The molecule has 1 aromatic carbocycles. The lowest BCUT2D eigenvalue weighted by Gasteiger charge is -2.31. The normalized spacial score (nSPS) is 28.5. The maximum Gasteiger partial charge on any atom is 0.416 e. The second-order valence-electron chi connectivity index (χ2n) is 7.20. The van der Waals surface area contributed by atoms with Gasteiger partial charge in [0.15, 0.2) is 0 Å². The van der Waals surface area contributed by atoms with Crippen LogP contribution in [0.1, 0.15) is 55.8 Å². The fourth-order valence-electron chi connectivity index (χ4n) is 3.49. The SMILES string of the molecule is CN([C@H]1c2ccc(C(F)(F)F)cc2[C@@H]2C[C@@H]21)S(=O)C(C)(C)C. The third kappa shape index (κ3) is 2.50. The van der Waals surface area contributed by atoms with Crippen LogP contribution in [0.3, 0.4) is 0 Å². The summed E-state index contributed by atoms with van der Waals surface area (Å²) in [4.78, 5) is 0. The van der Waals surface area contributed by atoms with Crippen molar-refractivity contribution in [3.05, 3.63) is 34.9 Å². The third-order valence-electron chi connectivity index (χ3n) is 4.55.